The predicted octanol–water partition coefficient (Wildman–Crippen LogP) is 5.44. The van der Waals surface area contributed by atoms with Crippen molar-refractivity contribution in [1.29, 1.82) is 0 Å². The van der Waals surface area contributed by atoms with Crippen LogP contribution in [0.4, 0.5) is 5.69 Å². The normalized spacial score (nSPS) is 14.8. The molecular weight excluding hydrogens is 618 g/mol. The van der Waals surface area contributed by atoms with E-state index in [1.807, 2.05) is 80.6 Å². The Morgan fingerprint density at radius 2 is 1.83 bits per heavy atom. The smallest absolute Gasteiger partial charge is 0.271 e. The molecule has 1 aliphatic rings. The minimum atomic E-state index is -0.717. The van der Waals surface area contributed by atoms with Crippen molar-refractivity contribution in [1.82, 2.24) is 4.57 Å². The topological polar surface area (TPSA) is 91.2 Å². The van der Waals surface area contributed by atoms with E-state index in [2.05, 4.69) is 21.2 Å². The van der Waals surface area contributed by atoms with Gasteiger partial charge in [-0.3, -0.25) is 14.2 Å². The van der Waals surface area contributed by atoms with E-state index < -0.39 is 6.04 Å². The predicted molar refractivity (Wildman–Crippen MR) is 168 cm³/mol. The van der Waals surface area contributed by atoms with Crippen LogP contribution >= 0.6 is 27.3 Å². The van der Waals surface area contributed by atoms with Gasteiger partial charge in [0, 0.05) is 5.69 Å². The number of halogens is 1. The number of methoxy groups -OCH3 is 2. The zero-order valence-corrected chi connectivity index (χ0v) is 26.2. The second kappa shape index (κ2) is 12.4. The van der Waals surface area contributed by atoms with Crippen molar-refractivity contribution in [3.8, 4) is 17.2 Å². The minimum absolute atomic E-state index is 0.0436. The Hall–Kier alpha value is -4.15. The average molecular weight is 649 g/mol. The molecule has 0 spiro atoms. The first-order valence-corrected chi connectivity index (χ1v) is 14.9. The van der Waals surface area contributed by atoms with Gasteiger partial charge in [-0.15, -0.1) is 0 Å². The number of carbonyl (C=O) groups is 1. The molecule has 0 saturated carbocycles. The number of nitrogens with zero attached hydrogens (tertiary/aromatic N) is 2. The van der Waals surface area contributed by atoms with E-state index in [0.717, 1.165) is 11.1 Å². The maximum Gasteiger partial charge on any atom is 0.271 e. The number of allylic oxidation sites excluding steroid dienone is 1. The lowest BCUT2D eigenvalue weighted by Gasteiger charge is -2.25. The molecule has 1 aliphatic heterocycles. The summed E-state index contributed by atoms with van der Waals surface area (Å²) < 4.78 is 19.7. The van der Waals surface area contributed by atoms with Gasteiger partial charge < -0.3 is 19.5 Å². The highest BCUT2D eigenvalue weighted by Gasteiger charge is 2.32. The van der Waals surface area contributed by atoms with Crippen molar-refractivity contribution in [2.24, 2.45) is 4.99 Å². The van der Waals surface area contributed by atoms with Gasteiger partial charge in [0.2, 0.25) is 0 Å². The number of hydrogen-bond donors (Lipinski definition) is 1. The van der Waals surface area contributed by atoms with Crippen LogP contribution in [0.25, 0.3) is 6.08 Å². The zero-order valence-electron chi connectivity index (χ0n) is 23.8. The Bertz CT molecular complexity index is 1860. The van der Waals surface area contributed by atoms with Crippen molar-refractivity contribution in [2.75, 3.05) is 19.5 Å². The van der Waals surface area contributed by atoms with E-state index in [9.17, 15) is 9.59 Å². The number of ether oxygens (including phenoxy) is 3. The summed E-state index contributed by atoms with van der Waals surface area (Å²) in [4.78, 5) is 33.0. The number of hydrogen-bond acceptors (Lipinski definition) is 7. The number of carbonyl (C=O) groups excluding carboxylic acids is 1. The third-order valence-electron chi connectivity index (χ3n) is 6.61. The van der Waals surface area contributed by atoms with E-state index in [1.54, 1.807) is 31.8 Å². The van der Waals surface area contributed by atoms with Gasteiger partial charge in [0.1, 0.15) is 5.75 Å². The van der Waals surface area contributed by atoms with E-state index >= 15 is 0 Å². The fourth-order valence-corrected chi connectivity index (χ4v) is 6.38. The van der Waals surface area contributed by atoms with Crippen LogP contribution < -0.4 is 34.4 Å². The van der Waals surface area contributed by atoms with Gasteiger partial charge >= 0.3 is 0 Å². The Morgan fingerprint density at radius 1 is 1.07 bits per heavy atom. The van der Waals surface area contributed by atoms with E-state index in [1.165, 1.54) is 11.3 Å². The molecule has 0 fully saturated rings. The summed E-state index contributed by atoms with van der Waals surface area (Å²) in [6.45, 7) is 5.67. The largest absolute Gasteiger partial charge is 0.497 e. The number of amides is 1. The van der Waals surface area contributed by atoms with Crippen LogP contribution in [0.15, 0.2) is 92.3 Å². The number of aromatic nitrogens is 1. The first-order valence-electron chi connectivity index (χ1n) is 13.3. The molecule has 1 N–H and O–H groups in total. The summed E-state index contributed by atoms with van der Waals surface area (Å²) in [7, 11) is 3.16. The number of anilines is 1. The lowest BCUT2D eigenvalue weighted by Crippen LogP contribution is -2.40. The molecule has 1 atom stereocenters. The summed E-state index contributed by atoms with van der Waals surface area (Å²) in [5.41, 5.74) is 2.77. The standard InChI is InChI=1S/C32H30BrN3O5S/c1-18(2)41-29-24(33)14-20(15-25(29)40-5)16-26-31(38)36-28(21-10-9-13-23(17-21)39-4)27(19(3)34-32(36)42-26)30(37)35-22-11-7-6-8-12-22/h6-18,28H,1-5H3,(H,35,37)/b26-16-/t28-/m0/s1. The molecule has 2 heterocycles. The Labute approximate surface area is 255 Å². The molecule has 5 rings (SSSR count). The summed E-state index contributed by atoms with van der Waals surface area (Å²) in [5.74, 6) is 1.42. The van der Waals surface area contributed by atoms with Gasteiger partial charge in [-0.05, 0) is 90.3 Å². The van der Waals surface area contributed by atoms with Crippen molar-refractivity contribution >= 4 is 44.9 Å². The van der Waals surface area contributed by atoms with Gasteiger partial charge in [0.05, 0.1) is 46.6 Å². The second-order valence-electron chi connectivity index (χ2n) is 9.88. The molecule has 42 heavy (non-hydrogen) atoms. The number of rotatable bonds is 8. The number of thiazole rings is 1. The molecule has 1 amide bonds. The van der Waals surface area contributed by atoms with Gasteiger partial charge in [-0.25, -0.2) is 4.99 Å². The average Bonchev–Trinajstić information content (AvgIpc) is 3.27. The zero-order chi connectivity index (χ0) is 30.0. The lowest BCUT2D eigenvalue weighted by molar-refractivity contribution is -0.113. The minimum Gasteiger partial charge on any atom is -0.497 e. The monoisotopic (exact) mass is 647 g/mol. The molecule has 8 nitrogen and oxygen atoms in total. The van der Waals surface area contributed by atoms with Crippen molar-refractivity contribution in [3.05, 3.63) is 113 Å². The molecule has 0 saturated heterocycles. The van der Waals surface area contributed by atoms with Gasteiger partial charge in [-0.2, -0.15) is 0 Å². The van der Waals surface area contributed by atoms with E-state index in [-0.39, 0.29) is 17.6 Å². The van der Waals surface area contributed by atoms with Crippen LogP contribution in [0.3, 0.4) is 0 Å². The van der Waals surface area contributed by atoms with Gasteiger partial charge in [0.15, 0.2) is 16.3 Å². The number of benzene rings is 3. The molecule has 216 valence electrons. The molecule has 3 aromatic carbocycles. The van der Waals surface area contributed by atoms with Crippen LogP contribution in [0.2, 0.25) is 0 Å². The van der Waals surface area contributed by atoms with Gasteiger partial charge in [0.25, 0.3) is 11.5 Å². The maximum absolute atomic E-state index is 14.1. The summed E-state index contributed by atoms with van der Waals surface area (Å²) in [6.07, 6.45) is 1.75. The van der Waals surface area contributed by atoms with E-state index in [0.29, 0.717) is 48.0 Å². The molecule has 1 aromatic heterocycles. The molecule has 0 radical (unpaired) electrons. The molecular formula is C32H30BrN3O5S. The third kappa shape index (κ3) is 5.91. The fraction of sp³-hybridized carbons (Fsp3) is 0.219. The highest BCUT2D eigenvalue weighted by atomic mass is 79.9. The maximum atomic E-state index is 14.1. The molecule has 4 aromatic rings. The van der Waals surface area contributed by atoms with Crippen molar-refractivity contribution in [3.63, 3.8) is 0 Å². The van der Waals surface area contributed by atoms with E-state index in [4.69, 9.17) is 19.2 Å². The highest BCUT2D eigenvalue weighted by molar-refractivity contribution is 9.10. The van der Waals surface area contributed by atoms with Gasteiger partial charge in [-0.1, -0.05) is 41.7 Å². The number of fused-ring (bicyclic) bond motifs is 1. The van der Waals surface area contributed by atoms with Crippen LogP contribution in [0.1, 0.15) is 37.9 Å². The van der Waals surface area contributed by atoms with Crippen LogP contribution in [-0.4, -0.2) is 30.8 Å². The quantitative estimate of drug-likeness (QED) is 0.275. The number of nitrogens with one attached hydrogen (secondary N) is 1. The first kappa shape index (κ1) is 29.3. The first-order chi connectivity index (χ1) is 20.2. The Kier molecular flexibility index (Phi) is 8.65. The third-order valence-corrected chi connectivity index (χ3v) is 8.18. The second-order valence-corrected chi connectivity index (χ2v) is 11.7. The number of para-hydroxylation sites is 1. The van der Waals surface area contributed by atoms with Crippen LogP contribution in [0, 0.1) is 0 Å². The fourth-order valence-electron chi connectivity index (χ4n) is 4.78. The molecule has 10 heteroatoms. The molecule has 0 aliphatic carbocycles. The molecule has 0 bridgehead atoms. The van der Waals surface area contributed by atoms with Crippen LogP contribution in [0.5, 0.6) is 17.2 Å². The van der Waals surface area contributed by atoms with Crippen LogP contribution in [-0.2, 0) is 4.79 Å². The van der Waals surface area contributed by atoms with Crippen molar-refractivity contribution < 1.29 is 19.0 Å². The van der Waals surface area contributed by atoms with Crippen molar-refractivity contribution in [2.45, 2.75) is 32.9 Å². The highest BCUT2D eigenvalue weighted by Crippen LogP contribution is 2.38. The summed E-state index contributed by atoms with van der Waals surface area (Å²) in [5, 5.41) is 2.97. The Morgan fingerprint density at radius 3 is 2.52 bits per heavy atom. The summed E-state index contributed by atoms with van der Waals surface area (Å²) >= 11 is 4.85. The lowest BCUT2D eigenvalue weighted by atomic mass is 9.95. The Balaban J connectivity index is 1.66. The molecule has 0 unspecified atom stereocenters. The SMILES string of the molecule is COc1cccc([C@H]2C(C(=O)Nc3ccccc3)=C(C)N=c3s/c(=C\c4cc(Br)c(OC(C)C)c(OC)c4)c(=O)n32)c1. The summed E-state index contributed by atoms with van der Waals surface area (Å²) in [6, 6.07) is 19.6.